The van der Waals surface area contributed by atoms with Gasteiger partial charge in [0.2, 0.25) is 5.91 Å². The Morgan fingerprint density at radius 3 is 2.04 bits per heavy atom. The largest absolute Gasteiger partial charge is 0.481 e. The standard InChI is InChI=1S/C19H21NO3/c1-19(2,15-11-7-4-8-12-15)18(23)20-13-16(17(21)22)14-9-5-3-6-10-14/h3-12,16H,13H2,1-2H3,(H,20,23)(H,21,22). The van der Waals surface area contributed by atoms with Crippen LogP contribution in [0.3, 0.4) is 0 Å². The van der Waals surface area contributed by atoms with E-state index in [1.807, 2.05) is 50.2 Å². The molecule has 0 aromatic heterocycles. The first-order valence-corrected chi connectivity index (χ1v) is 7.54. The molecule has 2 N–H and O–H groups in total. The van der Waals surface area contributed by atoms with Gasteiger partial charge in [0.25, 0.3) is 0 Å². The maximum atomic E-state index is 12.5. The molecule has 4 heteroatoms. The summed E-state index contributed by atoms with van der Waals surface area (Å²) in [6, 6.07) is 18.4. The lowest BCUT2D eigenvalue weighted by Crippen LogP contribution is -2.42. The molecule has 0 bridgehead atoms. The Morgan fingerprint density at radius 1 is 1.00 bits per heavy atom. The lowest BCUT2D eigenvalue weighted by Gasteiger charge is -2.25. The molecule has 0 radical (unpaired) electrons. The van der Waals surface area contributed by atoms with Crippen LogP contribution in [-0.4, -0.2) is 23.5 Å². The highest BCUT2D eigenvalue weighted by atomic mass is 16.4. The van der Waals surface area contributed by atoms with Crippen LogP contribution in [0, 0.1) is 0 Å². The van der Waals surface area contributed by atoms with Gasteiger partial charge in [0, 0.05) is 6.54 Å². The van der Waals surface area contributed by atoms with Crippen LogP contribution in [0.4, 0.5) is 0 Å². The fourth-order valence-corrected chi connectivity index (χ4v) is 2.43. The van der Waals surface area contributed by atoms with E-state index in [1.54, 1.807) is 24.3 Å². The van der Waals surface area contributed by atoms with E-state index >= 15 is 0 Å². The van der Waals surface area contributed by atoms with Crippen molar-refractivity contribution in [1.82, 2.24) is 5.32 Å². The summed E-state index contributed by atoms with van der Waals surface area (Å²) in [5, 5.41) is 12.2. The average molecular weight is 311 g/mol. The second-order valence-electron chi connectivity index (χ2n) is 6.00. The maximum Gasteiger partial charge on any atom is 0.312 e. The summed E-state index contributed by atoms with van der Waals surface area (Å²) in [7, 11) is 0. The number of rotatable bonds is 6. The molecule has 0 heterocycles. The molecular weight excluding hydrogens is 290 g/mol. The molecule has 1 atom stereocenters. The number of carbonyl (C=O) groups excluding carboxylic acids is 1. The van der Waals surface area contributed by atoms with Gasteiger partial charge in [0.1, 0.15) is 0 Å². The number of benzene rings is 2. The third-order valence-electron chi connectivity index (χ3n) is 4.03. The van der Waals surface area contributed by atoms with Gasteiger partial charge in [-0.25, -0.2) is 0 Å². The van der Waals surface area contributed by atoms with Gasteiger partial charge in [-0.1, -0.05) is 60.7 Å². The molecule has 0 spiro atoms. The molecule has 2 rings (SSSR count). The predicted octanol–water partition coefficient (Wildman–Crippen LogP) is 2.95. The Kier molecular flexibility index (Phi) is 5.16. The van der Waals surface area contributed by atoms with Gasteiger partial charge in [-0.3, -0.25) is 9.59 Å². The number of carbonyl (C=O) groups is 2. The summed E-state index contributed by atoms with van der Waals surface area (Å²) in [6.07, 6.45) is 0. The molecule has 0 fully saturated rings. The summed E-state index contributed by atoms with van der Waals surface area (Å²) in [6.45, 7) is 3.72. The first-order chi connectivity index (χ1) is 10.9. The van der Waals surface area contributed by atoms with E-state index in [0.717, 1.165) is 5.56 Å². The number of aliphatic carboxylic acids is 1. The lowest BCUT2D eigenvalue weighted by molar-refractivity contribution is -0.138. The van der Waals surface area contributed by atoms with Crippen LogP contribution in [0.1, 0.15) is 30.9 Å². The van der Waals surface area contributed by atoms with Crippen LogP contribution in [-0.2, 0) is 15.0 Å². The molecule has 0 aliphatic heterocycles. The molecule has 0 saturated carbocycles. The Balaban J connectivity index is 2.09. The third kappa shape index (κ3) is 3.97. The number of amides is 1. The third-order valence-corrected chi connectivity index (χ3v) is 4.03. The molecule has 2 aromatic carbocycles. The fraction of sp³-hybridized carbons (Fsp3) is 0.263. The first kappa shape index (κ1) is 16.7. The van der Waals surface area contributed by atoms with Crippen LogP contribution < -0.4 is 5.32 Å². The van der Waals surface area contributed by atoms with Gasteiger partial charge in [0.15, 0.2) is 0 Å². The molecule has 0 aliphatic rings. The highest BCUT2D eigenvalue weighted by Gasteiger charge is 2.30. The van der Waals surface area contributed by atoms with Gasteiger partial charge >= 0.3 is 5.97 Å². The van der Waals surface area contributed by atoms with E-state index in [4.69, 9.17) is 0 Å². The Labute approximate surface area is 136 Å². The lowest BCUT2D eigenvalue weighted by atomic mass is 9.83. The fourth-order valence-electron chi connectivity index (χ4n) is 2.43. The average Bonchev–Trinajstić information content (AvgIpc) is 2.56. The van der Waals surface area contributed by atoms with Gasteiger partial charge in [-0.2, -0.15) is 0 Å². The zero-order valence-electron chi connectivity index (χ0n) is 13.3. The van der Waals surface area contributed by atoms with Crippen molar-refractivity contribution in [1.29, 1.82) is 0 Å². The van der Waals surface area contributed by atoms with E-state index in [0.29, 0.717) is 5.56 Å². The quantitative estimate of drug-likeness (QED) is 0.862. The van der Waals surface area contributed by atoms with E-state index < -0.39 is 17.3 Å². The van der Waals surface area contributed by atoms with Crippen LogP contribution in [0.2, 0.25) is 0 Å². The van der Waals surface area contributed by atoms with Crippen molar-refractivity contribution < 1.29 is 14.7 Å². The Bertz CT molecular complexity index is 666. The van der Waals surface area contributed by atoms with Crippen molar-refractivity contribution in [3.05, 3.63) is 71.8 Å². The number of hydrogen-bond acceptors (Lipinski definition) is 2. The molecule has 1 unspecified atom stereocenters. The summed E-state index contributed by atoms with van der Waals surface area (Å²) >= 11 is 0. The van der Waals surface area contributed by atoms with E-state index in [9.17, 15) is 14.7 Å². The first-order valence-electron chi connectivity index (χ1n) is 7.54. The van der Waals surface area contributed by atoms with Crippen molar-refractivity contribution in [3.63, 3.8) is 0 Å². The van der Waals surface area contributed by atoms with E-state index in [-0.39, 0.29) is 12.5 Å². The molecule has 1 amide bonds. The minimum absolute atomic E-state index is 0.0639. The van der Waals surface area contributed by atoms with E-state index in [1.165, 1.54) is 0 Å². The monoisotopic (exact) mass is 311 g/mol. The summed E-state index contributed by atoms with van der Waals surface area (Å²) in [5.74, 6) is -1.90. The van der Waals surface area contributed by atoms with Crippen molar-refractivity contribution in [2.45, 2.75) is 25.2 Å². The number of carboxylic acid groups (broad SMARTS) is 1. The molecule has 23 heavy (non-hydrogen) atoms. The normalized spacial score (nSPS) is 12.4. The van der Waals surface area contributed by atoms with Crippen molar-refractivity contribution >= 4 is 11.9 Å². The Morgan fingerprint density at radius 2 is 1.52 bits per heavy atom. The summed E-state index contributed by atoms with van der Waals surface area (Å²) in [4.78, 5) is 24.0. The van der Waals surface area contributed by atoms with Crippen molar-refractivity contribution in [2.24, 2.45) is 0 Å². The van der Waals surface area contributed by atoms with Gasteiger partial charge in [-0.05, 0) is 25.0 Å². The van der Waals surface area contributed by atoms with Crippen molar-refractivity contribution in [2.75, 3.05) is 6.54 Å². The highest BCUT2D eigenvalue weighted by Crippen LogP contribution is 2.23. The van der Waals surface area contributed by atoms with Crippen LogP contribution in [0.15, 0.2) is 60.7 Å². The maximum absolute atomic E-state index is 12.5. The topological polar surface area (TPSA) is 66.4 Å². The molecule has 120 valence electrons. The van der Waals surface area contributed by atoms with E-state index in [2.05, 4.69) is 5.32 Å². The second-order valence-corrected chi connectivity index (χ2v) is 6.00. The highest BCUT2D eigenvalue weighted by molar-refractivity contribution is 5.88. The minimum Gasteiger partial charge on any atom is -0.481 e. The zero-order chi connectivity index (χ0) is 16.9. The number of hydrogen-bond donors (Lipinski definition) is 2. The zero-order valence-corrected chi connectivity index (χ0v) is 13.3. The predicted molar refractivity (Wildman–Crippen MR) is 89.3 cm³/mol. The van der Waals surface area contributed by atoms with Crippen LogP contribution in [0.5, 0.6) is 0 Å². The number of nitrogens with one attached hydrogen (secondary N) is 1. The molecule has 4 nitrogen and oxygen atoms in total. The summed E-state index contributed by atoms with van der Waals surface area (Å²) in [5.41, 5.74) is 0.850. The second kappa shape index (κ2) is 7.09. The van der Waals surface area contributed by atoms with Crippen molar-refractivity contribution in [3.8, 4) is 0 Å². The van der Waals surface area contributed by atoms with Crippen LogP contribution in [0.25, 0.3) is 0 Å². The number of carboxylic acids is 1. The molecule has 0 aliphatic carbocycles. The minimum atomic E-state index is -0.950. The molecule has 2 aromatic rings. The van der Waals surface area contributed by atoms with Gasteiger partial charge in [0.05, 0.1) is 11.3 Å². The van der Waals surface area contributed by atoms with Gasteiger partial charge in [-0.15, -0.1) is 0 Å². The van der Waals surface area contributed by atoms with Gasteiger partial charge < -0.3 is 10.4 Å². The van der Waals surface area contributed by atoms with Crippen LogP contribution >= 0.6 is 0 Å². The smallest absolute Gasteiger partial charge is 0.312 e. The molecule has 0 saturated heterocycles. The SMILES string of the molecule is CC(C)(C(=O)NCC(C(=O)O)c1ccccc1)c1ccccc1. The summed E-state index contributed by atoms with van der Waals surface area (Å²) < 4.78 is 0. The Hall–Kier alpha value is -2.62. The molecular formula is C19H21NO3.